The minimum absolute atomic E-state index is 0.000810. The van der Waals surface area contributed by atoms with Crippen molar-refractivity contribution in [2.75, 3.05) is 26.4 Å². The van der Waals surface area contributed by atoms with Gasteiger partial charge in [-0.1, -0.05) is 60.7 Å². The van der Waals surface area contributed by atoms with Crippen LogP contribution in [0.15, 0.2) is 60.7 Å². The Balaban J connectivity index is 0.000000273. The quantitative estimate of drug-likeness (QED) is 0.234. The Morgan fingerprint density at radius 2 is 1.06 bits per heavy atom. The Morgan fingerprint density at radius 1 is 0.660 bits per heavy atom. The molecule has 260 valence electrons. The van der Waals surface area contributed by atoms with Crippen LogP contribution in [-0.4, -0.2) is 84.3 Å². The summed E-state index contributed by atoms with van der Waals surface area (Å²) in [4.78, 5) is 44.4. The van der Waals surface area contributed by atoms with E-state index in [1.54, 1.807) is 13.8 Å². The molecule has 2 aliphatic rings. The number of aliphatic carboxylic acids is 1. The van der Waals surface area contributed by atoms with Gasteiger partial charge in [0.25, 0.3) is 0 Å². The lowest BCUT2D eigenvalue weighted by atomic mass is 10.2. The molecule has 2 atom stereocenters. The van der Waals surface area contributed by atoms with E-state index >= 15 is 0 Å². The van der Waals surface area contributed by atoms with Crippen LogP contribution in [0, 0.1) is 0 Å². The molecule has 0 spiro atoms. The molecule has 0 aliphatic carbocycles. The minimum atomic E-state index is -0.994. The highest BCUT2D eigenvalue weighted by molar-refractivity contribution is 5.77. The van der Waals surface area contributed by atoms with Crippen molar-refractivity contribution in [3.05, 3.63) is 71.8 Å². The third-order valence-electron chi connectivity index (χ3n) is 6.33. The lowest BCUT2D eigenvalue weighted by Gasteiger charge is -2.16. The Hall–Kier alpha value is -3.88. The standard InChI is InChI=1S/C17H22O6.C11H12O4.C6H12O3/c1-17(2)22-12-14(23-17)11-21-16(19)9-8-15(18)20-10-13-6-4-3-5-7-13;12-10(13)6-7-11(14)15-8-9-4-2-1-3-5-9;1-6(2)8-4-5(3-7)9-6/h3-7,14H,8-12H2,1-2H3;1-5H,6-8H2,(H,12,13);5,7H,3-4H2,1-2H3. The molecule has 13 nitrogen and oxygen atoms in total. The van der Waals surface area contributed by atoms with E-state index in [4.69, 9.17) is 43.4 Å². The summed E-state index contributed by atoms with van der Waals surface area (Å²) < 4.78 is 36.3. The number of carboxylic acid groups (broad SMARTS) is 1. The van der Waals surface area contributed by atoms with E-state index in [1.807, 2.05) is 74.5 Å². The molecule has 2 saturated heterocycles. The second-order valence-corrected chi connectivity index (χ2v) is 11.5. The molecule has 2 aliphatic heterocycles. The Labute approximate surface area is 275 Å². The van der Waals surface area contributed by atoms with Gasteiger partial charge in [-0.25, -0.2) is 0 Å². The normalized spacial score (nSPS) is 18.8. The van der Waals surface area contributed by atoms with Crippen LogP contribution in [-0.2, 0) is 65.5 Å². The number of aliphatic hydroxyl groups is 1. The van der Waals surface area contributed by atoms with Gasteiger partial charge in [0, 0.05) is 0 Å². The first-order valence-corrected chi connectivity index (χ1v) is 15.3. The van der Waals surface area contributed by atoms with Gasteiger partial charge in [-0.05, 0) is 38.8 Å². The number of carbonyl (C=O) groups is 4. The van der Waals surface area contributed by atoms with Gasteiger partial charge in [0.15, 0.2) is 11.6 Å². The number of hydrogen-bond acceptors (Lipinski definition) is 12. The molecular weight excluding hydrogens is 616 g/mol. The number of esters is 3. The molecule has 0 saturated carbocycles. The maximum atomic E-state index is 11.6. The Kier molecular flexibility index (Phi) is 17.0. The summed E-state index contributed by atoms with van der Waals surface area (Å²) >= 11 is 0. The van der Waals surface area contributed by atoms with Crippen LogP contribution in [0.2, 0.25) is 0 Å². The SMILES string of the molecule is CC1(C)OCC(CO)O1.CC1(C)OCC(COC(=O)CCC(=O)OCc2ccccc2)O1.O=C(O)CCC(=O)OCc1ccccc1. The van der Waals surface area contributed by atoms with E-state index in [0.717, 1.165) is 11.1 Å². The summed E-state index contributed by atoms with van der Waals surface area (Å²) in [5.41, 5.74) is 1.80. The third-order valence-corrected chi connectivity index (χ3v) is 6.33. The molecule has 2 aromatic carbocycles. The number of ether oxygens (including phenoxy) is 7. The zero-order valence-corrected chi connectivity index (χ0v) is 27.4. The second-order valence-electron chi connectivity index (χ2n) is 11.5. The van der Waals surface area contributed by atoms with Crippen molar-refractivity contribution < 1.29 is 62.5 Å². The molecule has 2 unspecified atom stereocenters. The lowest BCUT2D eigenvalue weighted by Crippen LogP contribution is -2.25. The number of carbonyl (C=O) groups excluding carboxylic acids is 3. The fraction of sp³-hybridized carbons (Fsp3) is 0.529. The average molecular weight is 663 g/mol. The molecule has 0 radical (unpaired) electrons. The van der Waals surface area contributed by atoms with Gasteiger partial charge in [0.05, 0.1) is 45.5 Å². The van der Waals surface area contributed by atoms with Gasteiger partial charge in [-0.2, -0.15) is 0 Å². The molecule has 2 aromatic rings. The van der Waals surface area contributed by atoms with Crippen LogP contribution >= 0.6 is 0 Å². The molecule has 2 heterocycles. The smallest absolute Gasteiger partial charge is 0.306 e. The largest absolute Gasteiger partial charge is 0.481 e. The van der Waals surface area contributed by atoms with E-state index in [9.17, 15) is 19.2 Å². The average Bonchev–Trinajstić information content (AvgIpc) is 3.60. The van der Waals surface area contributed by atoms with Gasteiger partial charge in [0.2, 0.25) is 0 Å². The number of rotatable bonds is 13. The highest BCUT2D eigenvalue weighted by atomic mass is 16.8. The second kappa shape index (κ2) is 20.4. The molecule has 13 heteroatoms. The third kappa shape index (κ3) is 18.1. The van der Waals surface area contributed by atoms with Crippen LogP contribution < -0.4 is 0 Å². The van der Waals surface area contributed by atoms with Gasteiger partial charge in [0.1, 0.15) is 32.0 Å². The minimum Gasteiger partial charge on any atom is -0.481 e. The van der Waals surface area contributed by atoms with E-state index in [2.05, 4.69) is 0 Å². The summed E-state index contributed by atoms with van der Waals surface area (Å²) in [6, 6.07) is 18.6. The van der Waals surface area contributed by atoms with Crippen molar-refractivity contribution in [1.29, 1.82) is 0 Å². The van der Waals surface area contributed by atoms with Gasteiger partial charge < -0.3 is 43.4 Å². The molecule has 0 aromatic heterocycles. The zero-order valence-electron chi connectivity index (χ0n) is 27.4. The van der Waals surface area contributed by atoms with Crippen LogP contribution in [0.3, 0.4) is 0 Å². The van der Waals surface area contributed by atoms with Crippen molar-refractivity contribution in [3.8, 4) is 0 Å². The maximum absolute atomic E-state index is 11.6. The topological polar surface area (TPSA) is 173 Å². The summed E-state index contributed by atoms with van der Waals surface area (Å²) in [5, 5.41) is 16.9. The molecule has 0 bridgehead atoms. The lowest BCUT2D eigenvalue weighted by molar-refractivity contribution is -0.159. The van der Waals surface area contributed by atoms with Crippen molar-refractivity contribution in [1.82, 2.24) is 0 Å². The molecular formula is C34H46O13. The predicted octanol–water partition coefficient (Wildman–Crippen LogP) is 3.93. The van der Waals surface area contributed by atoms with Gasteiger partial charge >= 0.3 is 23.9 Å². The summed E-state index contributed by atoms with van der Waals surface area (Å²) in [5.74, 6) is -3.48. The number of carboxylic acids is 1. The highest BCUT2D eigenvalue weighted by Gasteiger charge is 2.33. The van der Waals surface area contributed by atoms with Crippen LogP contribution in [0.4, 0.5) is 0 Å². The van der Waals surface area contributed by atoms with Crippen molar-refractivity contribution in [3.63, 3.8) is 0 Å². The predicted molar refractivity (Wildman–Crippen MR) is 166 cm³/mol. The van der Waals surface area contributed by atoms with Crippen LogP contribution in [0.5, 0.6) is 0 Å². The molecule has 4 rings (SSSR count). The van der Waals surface area contributed by atoms with E-state index in [-0.39, 0.29) is 64.3 Å². The van der Waals surface area contributed by atoms with Crippen molar-refractivity contribution in [2.45, 2.75) is 90.4 Å². The van der Waals surface area contributed by atoms with Crippen LogP contribution in [0.1, 0.15) is 64.5 Å². The first kappa shape index (κ1) is 39.3. The van der Waals surface area contributed by atoms with Gasteiger partial charge in [-0.3, -0.25) is 19.2 Å². The fourth-order valence-electron chi connectivity index (χ4n) is 3.99. The Morgan fingerprint density at radius 3 is 1.43 bits per heavy atom. The summed E-state index contributed by atoms with van der Waals surface area (Å²) in [7, 11) is 0. The maximum Gasteiger partial charge on any atom is 0.306 e. The monoisotopic (exact) mass is 662 g/mol. The molecule has 2 fully saturated rings. The fourth-order valence-corrected chi connectivity index (χ4v) is 3.99. The van der Waals surface area contributed by atoms with Crippen molar-refractivity contribution in [2.24, 2.45) is 0 Å². The summed E-state index contributed by atoms with van der Waals surface area (Å²) in [6.45, 7) is 8.74. The molecule has 2 N–H and O–H groups in total. The molecule has 0 amide bonds. The van der Waals surface area contributed by atoms with Gasteiger partial charge in [-0.15, -0.1) is 0 Å². The van der Waals surface area contributed by atoms with Crippen LogP contribution in [0.25, 0.3) is 0 Å². The Bertz CT molecular complexity index is 1230. The number of aliphatic hydroxyl groups excluding tert-OH is 1. The number of benzene rings is 2. The first-order chi connectivity index (χ1) is 22.3. The first-order valence-electron chi connectivity index (χ1n) is 15.3. The van der Waals surface area contributed by atoms with Crippen molar-refractivity contribution >= 4 is 23.9 Å². The van der Waals surface area contributed by atoms with E-state index in [1.165, 1.54) is 0 Å². The highest BCUT2D eigenvalue weighted by Crippen LogP contribution is 2.23. The molecule has 47 heavy (non-hydrogen) atoms. The van der Waals surface area contributed by atoms with E-state index in [0.29, 0.717) is 13.2 Å². The van der Waals surface area contributed by atoms with E-state index < -0.39 is 35.5 Å². The number of hydrogen-bond donors (Lipinski definition) is 2. The summed E-state index contributed by atoms with van der Waals surface area (Å²) in [6.07, 6.45) is -0.668. The zero-order chi connectivity index (χ0) is 34.7.